The van der Waals surface area contributed by atoms with Crippen molar-refractivity contribution in [3.8, 4) is 16.3 Å². The molecule has 0 radical (unpaired) electrons. The molecule has 0 bridgehead atoms. The predicted octanol–water partition coefficient (Wildman–Crippen LogP) is 5.54. The van der Waals surface area contributed by atoms with E-state index in [1.165, 1.54) is 18.2 Å². The number of hydrogen-bond acceptors (Lipinski definition) is 7. The Kier molecular flexibility index (Phi) is 7.23. The van der Waals surface area contributed by atoms with Crippen molar-refractivity contribution in [3.63, 3.8) is 0 Å². The van der Waals surface area contributed by atoms with E-state index in [4.69, 9.17) is 25.9 Å². The summed E-state index contributed by atoms with van der Waals surface area (Å²) in [5, 5.41) is 7.98. The van der Waals surface area contributed by atoms with Crippen LogP contribution >= 0.6 is 22.9 Å². The average Bonchev–Trinajstić information content (AvgIpc) is 3.13. The lowest BCUT2D eigenvalue weighted by Crippen LogP contribution is -2.05. The molecule has 0 saturated heterocycles. The first kappa shape index (κ1) is 24.2. The van der Waals surface area contributed by atoms with Gasteiger partial charge in [0.15, 0.2) is 0 Å². The van der Waals surface area contributed by atoms with Crippen molar-refractivity contribution in [2.45, 2.75) is 19.4 Å². The Labute approximate surface area is 191 Å². The summed E-state index contributed by atoms with van der Waals surface area (Å²) in [7, 11) is -3.74. The maximum absolute atomic E-state index is 12.8. The third-order valence-corrected chi connectivity index (χ3v) is 6.14. The minimum Gasteiger partial charge on any atom is -0.488 e. The van der Waals surface area contributed by atoms with E-state index in [2.05, 4.69) is 4.98 Å². The number of nitrogens with zero attached hydrogens (tertiary/aromatic N) is 1. The van der Waals surface area contributed by atoms with E-state index in [1.807, 2.05) is 0 Å². The third-order valence-electron chi connectivity index (χ3n) is 4.14. The molecular weight excluding hydrogens is 489 g/mol. The Morgan fingerprint density at radius 1 is 1.16 bits per heavy atom. The van der Waals surface area contributed by atoms with Crippen molar-refractivity contribution >= 4 is 39.3 Å². The van der Waals surface area contributed by atoms with Crippen LogP contribution < -0.4 is 4.74 Å². The fraction of sp³-hybridized carbons (Fsp3) is 0.200. The van der Waals surface area contributed by atoms with Gasteiger partial charge in [0.1, 0.15) is 24.0 Å². The Balaban J connectivity index is 1.87. The van der Waals surface area contributed by atoms with Crippen molar-refractivity contribution in [3.05, 3.63) is 69.2 Å². The smallest absolute Gasteiger partial charge is 0.416 e. The lowest BCUT2D eigenvalue weighted by molar-refractivity contribution is -0.137. The maximum Gasteiger partial charge on any atom is 0.416 e. The number of aromatic nitrogens is 1. The molecule has 0 fully saturated rings. The summed E-state index contributed by atoms with van der Waals surface area (Å²) in [5.41, 5.74) is 0.460. The van der Waals surface area contributed by atoms with Gasteiger partial charge in [0.05, 0.1) is 27.4 Å². The Morgan fingerprint density at radius 2 is 1.84 bits per heavy atom. The molecule has 0 spiro atoms. The second kappa shape index (κ2) is 9.57. The van der Waals surface area contributed by atoms with Gasteiger partial charge in [-0.3, -0.25) is 4.18 Å². The van der Waals surface area contributed by atoms with Gasteiger partial charge in [0, 0.05) is 17.3 Å². The highest BCUT2D eigenvalue weighted by atomic mass is 35.5. The first-order valence-corrected chi connectivity index (χ1v) is 11.9. The molecule has 1 heterocycles. The zero-order valence-corrected chi connectivity index (χ0v) is 18.8. The summed E-state index contributed by atoms with van der Waals surface area (Å²) in [4.78, 5) is 4.88. The number of nitrogens with one attached hydrogen (secondary N) is 1. The fourth-order valence-corrected chi connectivity index (χ4v) is 4.09. The maximum atomic E-state index is 12.8. The van der Waals surface area contributed by atoms with Gasteiger partial charge >= 0.3 is 6.18 Å². The Morgan fingerprint density at radius 3 is 2.41 bits per heavy atom. The van der Waals surface area contributed by atoms with E-state index < -0.39 is 21.9 Å². The molecule has 0 saturated carbocycles. The summed E-state index contributed by atoms with van der Waals surface area (Å²) in [5.74, 6) is 0.417. The molecule has 3 aromatic rings. The van der Waals surface area contributed by atoms with Crippen LogP contribution in [-0.4, -0.2) is 25.9 Å². The molecule has 0 amide bonds. The van der Waals surface area contributed by atoms with Gasteiger partial charge in [-0.15, -0.1) is 11.3 Å². The Hall–Kier alpha value is -2.47. The van der Waals surface area contributed by atoms with Gasteiger partial charge in [0.2, 0.25) is 0 Å². The van der Waals surface area contributed by atoms with Crippen molar-refractivity contribution in [2.24, 2.45) is 0 Å². The Bertz CT molecular complexity index is 1230. The van der Waals surface area contributed by atoms with Crippen LogP contribution in [0.1, 0.15) is 21.7 Å². The first-order chi connectivity index (χ1) is 15.0. The topological polar surface area (TPSA) is 89.3 Å². The molecule has 12 heteroatoms. The summed E-state index contributed by atoms with van der Waals surface area (Å²) in [6.07, 6.45) is -2.45. The van der Waals surface area contributed by atoms with Crippen molar-refractivity contribution < 1.29 is 30.5 Å². The molecule has 1 aromatic heterocycles. The van der Waals surface area contributed by atoms with E-state index in [9.17, 15) is 21.6 Å². The average molecular weight is 505 g/mol. The lowest BCUT2D eigenvalue weighted by atomic mass is 10.1. The van der Waals surface area contributed by atoms with Crippen LogP contribution in [0.15, 0.2) is 42.5 Å². The van der Waals surface area contributed by atoms with Gasteiger partial charge in [0.25, 0.3) is 10.1 Å². The summed E-state index contributed by atoms with van der Waals surface area (Å²) in [6, 6.07) is 9.26. The molecule has 0 aliphatic rings. The van der Waals surface area contributed by atoms with Crippen molar-refractivity contribution in [1.82, 2.24) is 4.98 Å². The lowest BCUT2D eigenvalue weighted by Gasteiger charge is -2.07. The van der Waals surface area contributed by atoms with E-state index in [0.717, 1.165) is 35.9 Å². The van der Waals surface area contributed by atoms with Crippen LogP contribution in [0, 0.1) is 5.41 Å². The summed E-state index contributed by atoms with van der Waals surface area (Å²) < 4.78 is 71.8. The fourth-order valence-electron chi connectivity index (χ4n) is 2.56. The molecule has 170 valence electrons. The molecule has 3 rings (SSSR count). The molecule has 0 unspecified atom stereocenters. The van der Waals surface area contributed by atoms with Crippen LogP contribution in [0.2, 0.25) is 5.02 Å². The number of rotatable bonds is 8. The van der Waals surface area contributed by atoms with Crippen LogP contribution in [0.4, 0.5) is 13.2 Å². The van der Waals surface area contributed by atoms with Gasteiger partial charge < -0.3 is 10.1 Å². The van der Waals surface area contributed by atoms with Crippen LogP contribution in [0.3, 0.4) is 0 Å². The number of benzene rings is 2. The minimum atomic E-state index is -4.45. The van der Waals surface area contributed by atoms with Crippen LogP contribution in [-0.2, 0) is 33.7 Å². The molecular formula is C20H16ClF3N2O4S2. The number of alkyl halides is 3. The minimum absolute atomic E-state index is 0.00101. The number of hydrogen-bond donors (Lipinski definition) is 1. The number of halogens is 4. The molecule has 1 N–H and O–H groups in total. The normalized spacial score (nSPS) is 12.0. The molecule has 0 atom stereocenters. The zero-order chi connectivity index (χ0) is 23.5. The SMILES string of the molecule is CS(=O)(=O)OCc1nc(-c2ccc(C(F)(F)F)cc2)sc1COc1ccc(C=N)c(Cl)c1. The predicted molar refractivity (Wildman–Crippen MR) is 116 cm³/mol. The summed E-state index contributed by atoms with van der Waals surface area (Å²) >= 11 is 7.21. The molecule has 32 heavy (non-hydrogen) atoms. The molecule has 0 aliphatic heterocycles. The highest BCUT2D eigenvalue weighted by Crippen LogP contribution is 2.34. The van der Waals surface area contributed by atoms with Gasteiger partial charge in [-0.2, -0.15) is 21.6 Å². The van der Waals surface area contributed by atoms with E-state index in [0.29, 0.717) is 31.8 Å². The van der Waals surface area contributed by atoms with E-state index in [1.54, 1.807) is 12.1 Å². The second-order valence-corrected chi connectivity index (χ2v) is 9.68. The number of ether oxygens (including phenoxy) is 1. The zero-order valence-electron chi connectivity index (χ0n) is 16.4. The molecule has 0 aliphatic carbocycles. The van der Waals surface area contributed by atoms with Gasteiger partial charge in [-0.25, -0.2) is 4.98 Å². The van der Waals surface area contributed by atoms with E-state index >= 15 is 0 Å². The largest absolute Gasteiger partial charge is 0.488 e. The highest BCUT2D eigenvalue weighted by molar-refractivity contribution is 7.85. The van der Waals surface area contributed by atoms with Crippen molar-refractivity contribution in [1.29, 1.82) is 5.41 Å². The number of thiazole rings is 1. The van der Waals surface area contributed by atoms with Crippen LogP contribution in [0.5, 0.6) is 5.75 Å². The van der Waals surface area contributed by atoms with Crippen molar-refractivity contribution in [2.75, 3.05) is 6.26 Å². The third kappa shape index (κ3) is 6.28. The highest BCUT2D eigenvalue weighted by Gasteiger charge is 2.30. The molecule has 2 aromatic carbocycles. The van der Waals surface area contributed by atoms with Gasteiger partial charge in [-0.05, 0) is 30.3 Å². The standard InChI is InChI=1S/C20H16ClF3N2O4S2/c1-32(27,28)30-10-17-18(11-29-15-7-4-13(9-25)16(21)8-15)31-19(26-17)12-2-5-14(6-3-12)20(22,23)24/h2-9,25H,10-11H2,1H3. The second-order valence-electron chi connectivity index (χ2n) is 6.55. The molecule has 6 nitrogen and oxygen atoms in total. The van der Waals surface area contributed by atoms with E-state index in [-0.39, 0.29) is 18.9 Å². The van der Waals surface area contributed by atoms with Gasteiger partial charge in [-0.1, -0.05) is 23.7 Å². The van der Waals surface area contributed by atoms with Crippen LogP contribution in [0.25, 0.3) is 10.6 Å². The monoisotopic (exact) mass is 504 g/mol. The summed E-state index contributed by atoms with van der Waals surface area (Å²) in [6.45, 7) is -0.344. The first-order valence-electron chi connectivity index (χ1n) is 8.89. The quantitative estimate of drug-likeness (QED) is 0.321.